The molecule has 0 saturated heterocycles. The van der Waals surface area contributed by atoms with Gasteiger partial charge in [-0.05, 0) is 47.6 Å². The normalized spacial score (nSPS) is 10.7. The largest absolute Gasteiger partial charge is 0.497 e. The van der Waals surface area contributed by atoms with Gasteiger partial charge in [-0.25, -0.2) is 4.68 Å². The average molecular weight is 354 g/mol. The highest BCUT2D eigenvalue weighted by molar-refractivity contribution is 9.10. The molecule has 0 saturated carbocycles. The SMILES string of the molecule is CCNCc1c(C)nn(C)c1Oc1ccc(OC)cc1Br. The van der Waals surface area contributed by atoms with E-state index >= 15 is 0 Å². The molecule has 21 heavy (non-hydrogen) atoms. The Morgan fingerprint density at radius 3 is 2.76 bits per heavy atom. The minimum atomic E-state index is 0.733. The molecule has 2 aromatic rings. The van der Waals surface area contributed by atoms with Crippen LogP contribution in [0.5, 0.6) is 17.4 Å². The Morgan fingerprint density at radius 1 is 1.38 bits per heavy atom. The fourth-order valence-corrected chi connectivity index (χ4v) is 2.50. The van der Waals surface area contributed by atoms with Crippen LogP contribution in [-0.4, -0.2) is 23.4 Å². The van der Waals surface area contributed by atoms with Crippen molar-refractivity contribution in [3.05, 3.63) is 33.9 Å². The molecule has 0 unspecified atom stereocenters. The van der Waals surface area contributed by atoms with Gasteiger partial charge >= 0.3 is 0 Å². The van der Waals surface area contributed by atoms with Crippen LogP contribution in [0.25, 0.3) is 0 Å². The van der Waals surface area contributed by atoms with Crippen LogP contribution in [0.1, 0.15) is 18.2 Å². The monoisotopic (exact) mass is 353 g/mol. The summed E-state index contributed by atoms with van der Waals surface area (Å²) in [6.45, 7) is 5.70. The molecule has 5 nitrogen and oxygen atoms in total. The standard InChI is InChI=1S/C15H20BrN3O2/c1-5-17-9-12-10(2)18-19(3)15(12)21-14-7-6-11(20-4)8-13(14)16/h6-8,17H,5,9H2,1-4H3. The zero-order valence-corrected chi connectivity index (χ0v) is 14.3. The second-order valence-corrected chi connectivity index (χ2v) is 5.53. The lowest BCUT2D eigenvalue weighted by atomic mass is 10.2. The molecule has 0 radical (unpaired) electrons. The zero-order chi connectivity index (χ0) is 15.4. The van der Waals surface area contributed by atoms with Crippen molar-refractivity contribution in [1.82, 2.24) is 15.1 Å². The number of hydrogen-bond donors (Lipinski definition) is 1. The summed E-state index contributed by atoms with van der Waals surface area (Å²) in [5.41, 5.74) is 2.04. The number of aryl methyl sites for hydroxylation is 2. The number of ether oxygens (including phenoxy) is 2. The van der Waals surface area contributed by atoms with Gasteiger partial charge in [-0.3, -0.25) is 0 Å². The summed E-state index contributed by atoms with van der Waals surface area (Å²) in [5, 5.41) is 7.75. The Kier molecular flexibility index (Phi) is 5.25. The van der Waals surface area contributed by atoms with Gasteiger partial charge in [-0.2, -0.15) is 5.10 Å². The van der Waals surface area contributed by atoms with Gasteiger partial charge in [-0.1, -0.05) is 6.92 Å². The molecular weight excluding hydrogens is 334 g/mol. The van der Waals surface area contributed by atoms with Gasteiger partial charge in [0.25, 0.3) is 0 Å². The van der Waals surface area contributed by atoms with Crippen molar-refractivity contribution in [2.45, 2.75) is 20.4 Å². The van der Waals surface area contributed by atoms with Gasteiger partial charge in [0.2, 0.25) is 5.88 Å². The van der Waals surface area contributed by atoms with Crippen molar-refractivity contribution in [1.29, 1.82) is 0 Å². The van der Waals surface area contributed by atoms with Crippen molar-refractivity contribution in [2.75, 3.05) is 13.7 Å². The second-order valence-electron chi connectivity index (χ2n) is 4.67. The maximum atomic E-state index is 6.05. The molecule has 0 bridgehead atoms. The summed E-state index contributed by atoms with van der Waals surface area (Å²) in [6.07, 6.45) is 0. The molecule has 0 aliphatic heterocycles. The highest BCUT2D eigenvalue weighted by atomic mass is 79.9. The van der Waals surface area contributed by atoms with E-state index in [1.54, 1.807) is 11.8 Å². The predicted octanol–water partition coefficient (Wildman–Crippen LogP) is 3.40. The van der Waals surface area contributed by atoms with E-state index in [0.717, 1.165) is 46.2 Å². The van der Waals surface area contributed by atoms with E-state index in [0.29, 0.717) is 0 Å². The molecule has 0 aliphatic carbocycles. The van der Waals surface area contributed by atoms with Crippen molar-refractivity contribution in [3.63, 3.8) is 0 Å². The van der Waals surface area contributed by atoms with Crippen LogP contribution in [-0.2, 0) is 13.6 Å². The summed E-state index contributed by atoms with van der Waals surface area (Å²) >= 11 is 3.50. The number of methoxy groups -OCH3 is 1. The average Bonchev–Trinajstić information content (AvgIpc) is 2.73. The maximum Gasteiger partial charge on any atom is 0.222 e. The molecule has 0 spiro atoms. The molecule has 1 heterocycles. The summed E-state index contributed by atoms with van der Waals surface area (Å²) in [4.78, 5) is 0. The first-order valence-electron chi connectivity index (χ1n) is 6.81. The molecular formula is C15H20BrN3O2. The zero-order valence-electron chi connectivity index (χ0n) is 12.7. The van der Waals surface area contributed by atoms with Crippen molar-refractivity contribution in [3.8, 4) is 17.4 Å². The Labute approximate surface area is 133 Å². The number of nitrogens with zero attached hydrogens (tertiary/aromatic N) is 2. The van der Waals surface area contributed by atoms with Gasteiger partial charge in [0, 0.05) is 13.6 Å². The van der Waals surface area contributed by atoms with E-state index in [1.165, 1.54) is 0 Å². The minimum Gasteiger partial charge on any atom is -0.497 e. The Balaban J connectivity index is 2.30. The van der Waals surface area contributed by atoms with Gasteiger partial charge in [-0.15, -0.1) is 0 Å². The van der Waals surface area contributed by atoms with Crippen molar-refractivity contribution < 1.29 is 9.47 Å². The van der Waals surface area contributed by atoms with E-state index in [9.17, 15) is 0 Å². The van der Waals surface area contributed by atoms with Crippen LogP contribution in [0.4, 0.5) is 0 Å². The molecule has 1 N–H and O–H groups in total. The van der Waals surface area contributed by atoms with Crippen molar-refractivity contribution in [2.24, 2.45) is 7.05 Å². The van der Waals surface area contributed by atoms with Crippen LogP contribution in [0.15, 0.2) is 22.7 Å². The first-order chi connectivity index (χ1) is 10.1. The number of benzene rings is 1. The lowest BCUT2D eigenvalue weighted by Crippen LogP contribution is -2.12. The quantitative estimate of drug-likeness (QED) is 0.864. The lowest BCUT2D eigenvalue weighted by molar-refractivity contribution is 0.406. The molecule has 114 valence electrons. The van der Waals surface area contributed by atoms with E-state index < -0.39 is 0 Å². The van der Waals surface area contributed by atoms with Gasteiger partial charge < -0.3 is 14.8 Å². The van der Waals surface area contributed by atoms with Crippen LogP contribution in [0.3, 0.4) is 0 Å². The summed E-state index contributed by atoms with van der Waals surface area (Å²) < 4.78 is 13.8. The summed E-state index contributed by atoms with van der Waals surface area (Å²) in [6, 6.07) is 5.62. The first-order valence-corrected chi connectivity index (χ1v) is 7.60. The molecule has 1 aromatic heterocycles. The van der Waals surface area contributed by atoms with Crippen LogP contribution >= 0.6 is 15.9 Å². The molecule has 1 aromatic carbocycles. The van der Waals surface area contributed by atoms with Gasteiger partial charge in [0.1, 0.15) is 11.5 Å². The number of nitrogens with one attached hydrogen (secondary N) is 1. The number of rotatable bonds is 6. The fourth-order valence-electron chi connectivity index (χ4n) is 2.06. The molecule has 0 atom stereocenters. The number of aromatic nitrogens is 2. The van der Waals surface area contributed by atoms with E-state index in [4.69, 9.17) is 9.47 Å². The molecule has 0 fully saturated rings. The number of halogens is 1. The van der Waals surface area contributed by atoms with E-state index in [1.807, 2.05) is 32.2 Å². The Hall–Kier alpha value is -1.53. The first kappa shape index (κ1) is 15.9. The summed E-state index contributed by atoms with van der Waals surface area (Å²) in [7, 11) is 3.52. The van der Waals surface area contributed by atoms with Crippen LogP contribution < -0.4 is 14.8 Å². The molecule has 0 amide bonds. The number of hydrogen-bond acceptors (Lipinski definition) is 4. The maximum absolute atomic E-state index is 6.05. The third-order valence-electron chi connectivity index (χ3n) is 3.19. The lowest BCUT2D eigenvalue weighted by Gasteiger charge is -2.11. The van der Waals surface area contributed by atoms with Crippen LogP contribution in [0.2, 0.25) is 0 Å². The fraction of sp³-hybridized carbons (Fsp3) is 0.400. The molecule has 0 aliphatic rings. The van der Waals surface area contributed by atoms with Gasteiger partial charge in [0.15, 0.2) is 0 Å². The topological polar surface area (TPSA) is 48.3 Å². The second kappa shape index (κ2) is 6.95. The van der Waals surface area contributed by atoms with Gasteiger partial charge in [0.05, 0.1) is 22.8 Å². The minimum absolute atomic E-state index is 0.733. The van der Waals surface area contributed by atoms with Crippen molar-refractivity contribution >= 4 is 15.9 Å². The smallest absolute Gasteiger partial charge is 0.222 e. The Morgan fingerprint density at radius 2 is 2.14 bits per heavy atom. The predicted molar refractivity (Wildman–Crippen MR) is 86.1 cm³/mol. The summed E-state index contributed by atoms with van der Waals surface area (Å²) in [5.74, 6) is 2.26. The molecule has 6 heteroatoms. The molecule has 2 rings (SSSR count). The highest BCUT2D eigenvalue weighted by Gasteiger charge is 2.16. The van der Waals surface area contributed by atoms with E-state index in [2.05, 4.69) is 33.3 Å². The third-order valence-corrected chi connectivity index (χ3v) is 3.81. The van der Waals surface area contributed by atoms with E-state index in [-0.39, 0.29) is 0 Å². The Bertz CT molecular complexity index is 626. The third kappa shape index (κ3) is 3.57. The highest BCUT2D eigenvalue weighted by Crippen LogP contribution is 2.34. The van der Waals surface area contributed by atoms with Crippen LogP contribution in [0, 0.1) is 6.92 Å².